The monoisotopic (exact) mass is 397 g/mol. The van der Waals surface area contributed by atoms with Crippen molar-refractivity contribution in [3.63, 3.8) is 0 Å². The van der Waals surface area contributed by atoms with E-state index < -0.39 is 23.5 Å². The summed E-state index contributed by atoms with van der Waals surface area (Å²) in [6, 6.07) is 14.6. The molecule has 0 radical (unpaired) electrons. The van der Waals surface area contributed by atoms with E-state index in [-0.39, 0.29) is 29.9 Å². The SMILES string of the molecule is COCCCN1C(=O)C(O)=C(C(=O)CCc2ccccc2)C1c1ccccc1F. The van der Waals surface area contributed by atoms with Crippen LogP contribution < -0.4 is 0 Å². The standard InChI is InChI=1S/C23H24FNO4/c1-29-15-7-14-25-21(17-10-5-6-11-18(17)24)20(22(27)23(25)28)19(26)13-12-16-8-3-2-4-9-16/h2-6,8-11,21,27H,7,12-15H2,1H3. The number of ether oxygens (including phenoxy) is 1. The number of amides is 1. The lowest BCUT2D eigenvalue weighted by Crippen LogP contribution is -2.33. The Hall–Kier alpha value is -2.99. The summed E-state index contributed by atoms with van der Waals surface area (Å²) >= 11 is 0. The first-order valence-corrected chi connectivity index (χ1v) is 9.59. The number of halogens is 1. The first kappa shape index (κ1) is 20.7. The molecule has 0 saturated heterocycles. The molecule has 6 heteroatoms. The topological polar surface area (TPSA) is 66.8 Å². The quantitative estimate of drug-likeness (QED) is 0.655. The number of benzene rings is 2. The number of carbonyl (C=O) groups excluding carboxylic acids is 2. The van der Waals surface area contributed by atoms with Gasteiger partial charge in [0, 0.05) is 32.2 Å². The Morgan fingerprint density at radius 1 is 1.14 bits per heavy atom. The number of nitrogens with zero attached hydrogens (tertiary/aromatic N) is 1. The lowest BCUT2D eigenvalue weighted by atomic mass is 9.93. The van der Waals surface area contributed by atoms with E-state index in [4.69, 9.17) is 4.74 Å². The number of aryl methyl sites for hydroxylation is 1. The van der Waals surface area contributed by atoms with Crippen LogP contribution in [0.2, 0.25) is 0 Å². The maximum atomic E-state index is 14.6. The zero-order chi connectivity index (χ0) is 20.8. The van der Waals surface area contributed by atoms with Gasteiger partial charge in [-0.25, -0.2) is 4.39 Å². The number of ketones is 1. The summed E-state index contributed by atoms with van der Waals surface area (Å²) in [5.41, 5.74) is 1.14. The fraction of sp³-hybridized carbons (Fsp3) is 0.304. The van der Waals surface area contributed by atoms with E-state index in [9.17, 15) is 19.1 Å². The van der Waals surface area contributed by atoms with Crippen LogP contribution in [0, 0.1) is 5.82 Å². The fourth-order valence-electron chi connectivity index (χ4n) is 3.61. The van der Waals surface area contributed by atoms with E-state index in [0.717, 1.165) is 5.56 Å². The Labute approximate surface area is 169 Å². The molecule has 1 atom stereocenters. The zero-order valence-electron chi connectivity index (χ0n) is 16.3. The maximum absolute atomic E-state index is 14.6. The van der Waals surface area contributed by atoms with E-state index in [1.165, 1.54) is 11.0 Å². The minimum Gasteiger partial charge on any atom is -0.503 e. The number of hydrogen-bond acceptors (Lipinski definition) is 4. The average Bonchev–Trinajstić information content (AvgIpc) is 2.98. The maximum Gasteiger partial charge on any atom is 0.290 e. The zero-order valence-corrected chi connectivity index (χ0v) is 16.3. The van der Waals surface area contributed by atoms with Crippen molar-refractivity contribution in [2.45, 2.75) is 25.3 Å². The van der Waals surface area contributed by atoms with E-state index in [1.54, 1.807) is 25.3 Å². The largest absolute Gasteiger partial charge is 0.503 e. The minimum atomic E-state index is -0.941. The normalized spacial score (nSPS) is 16.6. The van der Waals surface area contributed by atoms with Crippen molar-refractivity contribution in [1.82, 2.24) is 4.90 Å². The van der Waals surface area contributed by atoms with Crippen molar-refractivity contribution in [3.05, 3.63) is 82.9 Å². The van der Waals surface area contributed by atoms with Gasteiger partial charge in [-0.2, -0.15) is 0 Å². The highest BCUT2D eigenvalue weighted by molar-refractivity contribution is 6.09. The third kappa shape index (κ3) is 4.54. The smallest absolute Gasteiger partial charge is 0.290 e. The average molecular weight is 397 g/mol. The van der Waals surface area contributed by atoms with Gasteiger partial charge in [0.05, 0.1) is 11.6 Å². The van der Waals surface area contributed by atoms with Crippen LogP contribution >= 0.6 is 0 Å². The number of carbonyl (C=O) groups is 2. The first-order chi connectivity index (χ1) is 14.0. The fourth-order valence-corrected chi connectivity index (χ4v) is 3.61. The highest BCUT2D eigenvalue weighted by Crippen LogP contribution is 2.39. The van der Waals surface area contributed by atoms with Gasteiger partial charge in [-0.1, -0.05) is 48.5 Å². The number of aliphatic hydroxyl groups is 1. The summed E-state index contributed by atoms with van der Waals surface area (Å²) in [5, 5.41) is 10.5. The molecule has 0 aliphatic carbocycles. The Morgan fingerprint density at radius 3 is 2.52 bits per heavy atom. The molecule has 0 fully saturated rings. The van der Waals surface area contributed by atoms with Crippen LogP contribution in [0.4, 0.5) is 4.39 Å². The van der Waals surface area contributed by atoms with Crippen LogP contribution in [0.5, 0.6) is 0 Å². The van der Waals surface area contributed by atoms with Crippen LogP contribution in [0.25, 0.3) is 0 Å². The lowest BCUT2D eigenvalue weighted by Gasteiger charge is -2.27. The van der Waals surface area contributed by atoms with Gasteiger partial charge < -0.3 is 14.7 Å². The first-order valence-electron chi connectivity index (χ1n) is 9.59. The highest BCUT2D eigenvalue weighted by Gasteiger charge is 2.43. The third-order valence-electron chi connectivity index (χ3n) is 5.03. The van der Waals surface area contributed by atoms with Crippen molar-refractivity contribution in [3.8, 4) is 0 Å². The van der Waals surface area contributed by atoms with Gasteiger partial charge in [-0.15, -0.1) is 0 Å². The summed E-state index contributed by atoms with van der Waals surface area (Å²) in [5.74, 6) is -2.13. The predicted molar refractivity (Wildman–Crippen MR) is 107 cm³/mol. The molecule has 0 saturated carbocycles. The van der Waals surface area contributed by atoms with Crippen molar-refractivity contribution in [2.75, 3.05) is 20.3 Å². The Morgan fingerprint density at radius 2 is 1.83 bits per heavy atom. The molecule has 1 amide bonds. The minimum absolute atomic E-state index is 0.0338. The van der Waals surface area contributed by atoms with E-state index >= 15 is 0 Å². The van der Waals surface area contributed by atoms with Gasteiger partial charge in [0.25, 0.3) is 5.91 Å². The number of rotatable bonds is 9. The second-order valence-electron chi connectivity index (χ2n) is 6.94. The van der Waals surface area contributed by atoms with Crippen LogP contribution in [-0.2, 0) is 20.7 Å². The molecule has 3 rings (SSSR count). The molecule has 29 heavy (non-hydrogen) atoms. The second kappa shape index (κ2) is 9.47. The molecule has 1 aliphatic rings. The molecule has 1 unspecified atom stereocenters. The molecule has 1 heterocycles. The van der Waals surface area contributed by atoms with Crippen LogP contribution in [-0.4, -0.2) is 42.0 Å². The van der Waals surface area contributed by atoms with E-state index in [0.29, 0.717) is 19.4 Å². The molecule has 1 N–H and O–H groups in total. The van der Waals surface area contributed by atoms with E-state index in [2.05, 4.69) is 0 Å². The van der Waals surface area contributed by atoms with Crippen LogP contribution in [0.1, 0.15) is 30.0 Å². The van der Waals surface area contributed by atoms with Crippen LogP contribution in [0.15, 0.2) is 65.9 Å². The van der Waals surface area contributed by atoms with Gasteiger partial charge in [-0.3, -0.25) is 9.59 Å². The highest BCUT2D eigenvalue weighted by atomic mass is 19.1. The Kier molecular flexibility index (Phi) is 6.77. The molecule has 5 nitrogen and oxygen atoms in total. The lowest BCUT2D eigenvalue weighted by molar-refractivity contribution is -0.129. The molecule has 0 spiro atoms. The summed E-state index contributed by atoms with van der Waals surface area (Å²) in [6.07, 6.45) is 1.10. The molecule has 2 aromatic rings. The number of Topliss-reactive ketones (excluding diaryl/α,β-unsaturated/α-hetero) is 1. The second-order valence-corrected chi connectivity index (χ2v) is 6.94. The molecular formula is C23H24FNO4. The molecule has 1 aliphatic heterocycles. The van der Waals surface area contributed by atoms with Gasteiger partial charge in [0.1, 0.15) is 5.82 Å². The number of methoxy groups -OCH3 is 1. The van der Waals surface area contributed by atoms with Gasteiger partial charge in [-0.05, 0) is 24.5 Å². The molecule has 0 bridgehead atoms. The number of aliphatic hydroxyl groups excluding tert-OH is 1. The van der Waals surface area contributed by atoms with Gasteiger partial charge in [0.15, 0.2) is 11.5 Å². The summed E-state index contributed by atoms with van der Waals surface area (Å²) in [7, 11) is 1.55. The molecule has 2 aromatic carbocycles. The Bertz CT molecular complexity index is 910. The molecule has 152 valence electrons. The summed E-state index contributed by atoms with van der Waals surface area (Å²) in [6.45, 7) is 0.650. The predicted octanol–water partition coefficient (Wildman–Crippen LogP) is 3.76. The summed E-state index contributed by atoms with van der Waals surface area (Å²) < 4.78 is 19.6. The van der Waals surface area contributed by atoms with Crippen LogP contribution in [0.3, 0.4) is 0 Å². The number of hydrogen-bond donors (Lipinski definition) is 1. The third-order valence-corrected chi connectivity index (χ3v) is 5.03. The van der Waals surface area contributed by atoms with Crippen molar-refractivity contribution < 1.29 is 23.8 Å². The summed E-state index contributed by atoms with van der Waals surface area (Å²) in [4.78, 5) is 27.0. The van der Waals surface area contributed by atoms with Gasteiger partial charge >= 0.3 is 0 Å². The Balaban J connectivity index is 1.90. The van der Waals surface area contributed by atoms with Crippen molar-refractivity contribution in [2.24, 2.45) is 0 Å². The van der Waals surface area contributed by atoms with Gasteiger partial charge in [0.2, 0.25) is 0 Å². The van der Waals surface area contributed by atoms with Crippen molar-refractivity contribution >= 4 is 11.7 Å². The van der Waals surface area contributed by atoms with Crippen molar-refractivity contribution in [1.29, 1.82) is 0 Å². The molecular weight excluding hydrogens is 373 g/mol. The molecule has 0 aromatic heterocycles. The van der Waals surface area contributed by atoms with E-state index in [1.807, 2.05) is 30.3 Å².